The number of nitrogens with zero attached hydrogens (tertiary/aromatic N) is 1. The van der Waals surface area contributed by atoms with Crippen LogP contribution in [-0.2, 0) is 11.3 Å². The lowest BCUT2D eigenvalue weighted by atomic mass is 10.1. The summed E-state index contributed by atoms with van der Waals surface area (Å²) in [7, 11) is 0. The highest BCUT2D eigenvalue weighted by molar-refractivity contribution is 5.53. The van der Waals surface area contributed by atoms with Gasteiger partial charge in [0.15, 0.2) is 0 Å². The number of morpholine rings is 1. The predicted octanol–water partition coefficient (Wildman–Crippen LogP) is 1.77. The minimum absolute atomic E-state index is 0.105. The van der Waals surface area contributed by atoms with Crippen molar-refractivity contribution in [1.29, 1.82) is 0 Å². The first kappa shape index (κ1) is 14.8. The molecule has 1 aliphatic carbocycles. The first-order chi connectivity index (χ1) is 10.3. The Kier molecular flexibility index (Phi) is 5.12. The van der Waals surface area contributed by atoms with Crippen molar-refractivity contribution in [2.24, 2.45) is 5.92 Å². The van der Waals surface area contributed by atoms with Crippen molar-refractivity contribution >= 4 is 5.69 Å². The molecule has 4 nitrogen and oxygen atoms in total. The van der Waals surface area contributed by atoms with Gasteiger partial charge in [0.2, 0.25) is 0 Å². The number of nitrogens with one attached hydrogen (secondary N) is 1. The maximum absolute atomic E-state index is 9.88. The van der Waals surface area contributed by atoms with Gasteiger partial charge in [0, 0.05) is 31.9 Å². The fourth-order valence-corrected chi connectivity index (χ4v) is 3.42. The number of benzene rings is 1. The van der Waals surface area contributed by atoms with E-state index >= 15 is 0 Å². The van der Waals surface area contributed by atoms with E-state index in [0.717, 1.165) is 58.7 Å². The highest BCUT2D eigenvalue weighted by Crippen LogP contribution is 2.25. The van der Waals surface area contributed by atoms with Gasteiger partial charge in [-0.3, -0.25) is 0 Å². The molecule has 0 amide bonds. The Bertz CT molecular complexity index is 446. The second kappa shape index (κ2) is 7.25. The number of aliphatic hydroxyl groups excluding tert-OH is 1. The summed E-state index contributed by atoms with van der Waals surface area (Å²) in [5.74, 6) is 0.431. The molecular formula is C17H26N2O2. The standard InChI is InChI=1S/C17H26N2O2/c20-17-7-3-5-15(17)13-18-12-14-4-1-2-6-16(14)19-8-10-21-11-9-19/h1-2,4,6,15,17-18,20H,3,5,7-13H2. The number of rotatable bonds is 5. The minimum Gasteiger partial charge on any atom is -0.393 e. The van der Waals surface area contributed by atoms with Gasteiger partial charge in [0.05, 0.1) is 19.3 Å². The summed E-state index contributed by atoms with van der Waals surface area (Å²) in [6, 6.07) is 8.61. The third-order valence-corrected chi connectivity index (χ3v) is 4.68. The van der Waals surface area contributed by atoms with E-state index in [1.165, 1.54) is 11.3 Å². The summed E-state index contributed by atoms with van der Waals surface area (Å²) < 4.78 is 5.44. The maximum atomic E-state index is 9.88. The van der Waals surface area contributed by atoms with Gasteiger partial charge in [-0.1, -0.05) is 24.6 Å². The van der Waals surface area contributed by atoms with Gasteiger partial charge in [-0.15, -0.1) is 0 Å². The highest BCUT2D eigenvalue weighted by Gasteiger charge is 2.24. The Labute approximate surface area is 127 Å². The van der Waals surface area contributed by atoms with E-state index in [0.29, 0.717) is 5.92 Å². The van der Waals surface area contributed by atoms with Crippen LogP contribution in [0.2, 0.25) is 0 Å². The molecule has 1 aromatic rings. The molecule has 0 spiro atoms. The van der Waals surface area contributed by atoms with Crippen LogP contribution in [-0.4, -0.2) is 44.1 Å². The van der Waals surface area contributed by atoms with Gasteiger partial charge in [-0.2, -0.15) is 0 Å². The molecule has 1 aromatic carbocycles. The molecule has 2 aliphatic rings. The molecule has 0 aromatic heterocycles. The van der Waals surface area contributed by atoms with Crippen LogP contribution in [0.1, 0.15) is 24.8 Å². The maximum Gasteiger partial charge on any atom is 0.0642 e. The molecule has 2 atom stereocenters. The lowest BCUT2D eigenvalue weighted by molar-refractivity contribution is 0.122. The molecule has 0 bridgehead atoms. The number of para-hydroxylation sites is 1. The molecule has 1 aliphatic heterocycles. The van der Waals surface area contributed by atoms with Crippen molar-refractivity contribution in [2.45, 2.75) is 31.9 Å². The third kappa shape index (κ3) is 3.76. The largest absolute Gasteiger partial charge is 0.393 e. The lowest BCUT2D eigenvalue weighted by Crippen LogP contribution is -2.37. The van der Waals surface area contributed by atoms with E-state index in [1.807, 2.05) is 0 Å². The quantitative estimate of drug-likeness (QED) is 0.867. The van der Waals surface area contributed by atoms with Crippen LogP contribution in [0.25, 0.3) is 0 Å². The molecule has 4 heteroatoms. The smallest absolute Gasteiger partial charge is 0.0642 e. The molecule has 1 saturated heterocycles. The van der Waals surface area contributed by atoms with Gasteiger partial charge in [-0.05, 0) is 30.4 Å². The molecule has 0 radical (unpaired) electrons. The van der Waals surface area contributed by atoms with Crippen molar-refractivity contribution in [3.63, 3.8) is 0 Å². The second-order valence-electron chi connectivity index (χ2n) is 6.12. The van der Waals surface area contributed by atoms with Crippen LogP contribution >= 0.6 is 0 Å². The number of hydrogen-bond donors (Lipinski definition) is 2. The van der Waals surface area contributed by atoms with Crippen LogP contribution < -0.4 is 10.2 Å². The monoisotopic (exact) mass is 290 g/mol. The lowest BCUT2D eigenvalue weighted by Gasteiger charge is -2.30. The molecule has 1 saturated carbocycles. The van der Waals surface area contributed by atoms with Crippen molar-refractivity contribution in [3.05, 3.63) is 29.8 Å². The van der Waals surface area contributed by atoms with E-state index < -0.39 is 0 Å². The topological polar surface area (TPSA) is 44.7 Å². The van der Waals surface area contributed by atoms with Crippen molar-refractivity contribution in [1.82, 2.24) is 5.32 Å². The van der Waals surface area contributed by atoms with E-state index in [2.05, 4.69) is 34.5 Å². The molecule has 2 fully saturated rings. The summed E-state index contributed by atoms with van der Waals surface area (Å²) in [6.45, 7) is 5.36. The Morgan fingerprint density at radius 2 is 2.00 bits per heavy atom. The average molecular weight is 290 g/mol. The van der Waals surface area contributed by atoms with Gasteiger partial charge in [0.1, 0.15) is 0 Å². The zero-order valence-corrected chi connectivity index (χ0v) is 12.6. The summed E-state index contributed by atoms with van der Waals surface area (Å²) in [4.78, 5) is 2.41. The third-order valence-electron chi connectivity index (χ3n) is 4.68. The Morgan fingerprint density at radius 3 is 2.76 bits per heavy atom. The predicted molar refractivity (Wildman–Crippen MR) is 84.5 cm³/mol. The second-order valence-corrected chi connectivity index (χ2v) is 6.12. The highest BCUT2D eigenvalue weighted by atomic mass is 16.5. The first-order valence-corrected chi connectivity index (χ1v) is 8.14. The van der Waals surface area contributed by atoms with Gasteiger partial charge < -0.3 is 20.1 Å². The fraction of sp³-hybridized carbons (Fsp3) is 0.647. The first-order valence-electron chi connectivity index (χ1n) is 8.14. The zero-order valence-electron chi connectivity index (χ0n) is 12.6. The van der Waals surface area contributed by atoms with Gasteiger partial charge in [0.25, 0.3) is 0 Å². The van der Waals surface area contributed by atoms with Crippen molar-refractivity contribution < 1.29 is 9.84 Å². The summed E-state index contributed by atoms with van der Waals surface area (Å²) in [6.07, 6.45) is 3.18. The molecule has 2 unspecified atom stereocenters. The minimum atomic E-state index is -0.105. The average Bonchev–Trinajstić information content (AvgIpc) is 2.94. The van der Waals surface area contributed by atoms with Crippen LogP contribution in [0, 0.1) is 5.92 Å². The number of anilines is 1. The molecule has 21 heavy (non-hydrogen) atoms. The summed E-state index contributed by atoms with van der Waals surface area (Å²) in [5.41, 5.74) is 2.66. The number of aliphatic hydroxyl groups is 1. The van der Waals surface area contributed by atoms with E-state index in [1.54, 1.807) is 0 Å². The number of hydrogen-bond acceptors (Lipinski definition) is 4. The van der Waals surface area contributed by atoms with E-state index in [9.17, 15) is 5.11 Å². The van der Waals surface area contributed by atoms with Crippen LogP contribution in [0.15, 0.2) is 24.3 Å². The Hall–Kier alpha value is -1.10. The normalized spacial score (nSPS) is 26.2. The van der Waals surface area contributed by atoms with Gasteiger partial charge in [-0.25, -0.2) is 0 Å². The molecule has 2 N–H and O–H groups in total. The van der Waals surface area contributed by atoms with Crippen molar-refractivity contribution in [2.75, 3.05) is 37.7 Å². The van der Waals surface area contributed by atoms with E-state index in [-0.39, 0.29) is 6.10 Å². The van der Waals surface area contributed by atoms with Crippen LogP contribution in [0.5, 0.6) is 0 Å². The summed E-state index contributed by atoms with van der Waals surface area (Å²) >= 11 is 0. The fourth-order valence-electron chi connectivity index (χ4n) is 3.42. The Balaban J connectivity index is 1.57. The number of ether oxygens (including phenoxy) is 1. The SMILES string of the molecule is OC1CCCC1CNCc1ccccc1N1CCOCC1. The molecule has 1 heterocycles. The molecular weight excluding hydrogens is 264 g/mol. The molecule has 3 rings (SSSR count). The zero-order chi connectivity index (χ0) is 14.5. The molecule has 116 valence electrons. The van der Waals surface area contributed by atoms with Gasteiger partial charge >= 0.3 is 0 Å². The van der Waals surface area contributed by atoms with Crippen LogP contribution in [0.3, 0.4) is 0 Å². The Morgan fingerprint density at radius 1 is 1.19 bits per heavy atom. The van der Waals surface area contributed by atoms with Crippen molar-refractivity contribution in [3.8, 4) is 0 Å². The van der Waals surface area contributed by atoms with E-state index in [4.69, 9.17) is 4.74 Å². The summed E-state index contributed by atoms with van der Waals surface area (Å²) in [5, 5.41) is 13.4. The van der Waals surface area contributed by atoms with Crippen LogP contribution in [0.4, 0.5) is 5.69 Å².